The summed E-state index contributed by atoms with van der Waals surface area (Å²) >= 11 is 2.25. The van der Waals surface area contributed by atoms with E-state index < -0.39 is 24.0 Å². The lowest BCUT2D eigenvalue weighted by Gasteiger charge is -2.33. The van der Waals surface area contributed by atoms with Crippen LogP contribution in [0.2, 0.25) is 0 Å². The number of ether oxygens (including phenoxy) is 1. The second-order valence-corrected chi connectivity index (χ2v) is 13.3. The van der Waals surface area contributed by atoms with Crippen LogP contribution in [0, 0.1) is 5.92 Å². The van der Waals surface area contributed by atoms with Gasteiger partial charge < -0.3 is 15.0 Å². The Morgan fingerprint density at radius 3 is 2.30 bits per heavy atom. The van der Waals surface area contributed by atoms with Crippen LogP contribution in [0.5, 0.6) is 5.88 Å². The third kappa shape index (κ3) is 7.93. The highest BCUT2D eigenvalue weighted by Crippen LogP contribution is 2.51. The number of amides is 1. The topological polar surface area (TPSA) is 71.5 Å². The highest BCUT2D eigenvalue weighted by Gasteiger charge is 2.49. The van der Waals surface area contributed by atoms with Crippen molar-refractivity contribution in [1.82, 2.24) is 15.2 Å². The molecule has 2 heterocycles. The molecular formula is C36H41F3IN3O3. The maximum absolute atomic E-state index is 13.7. The van der Waals surface area contributed by atoms with Gasteiger partial charge in [0, 0.05) is 17.0 Å². The normalized spacial score (nSPS) is 16.8. The molecule has 46 heavy (non-hydrogen) atoms. The Morgan fingerprint density at radius 1 is 1.02 bits per heavy atom. The fourth-order valence-electron chi connectivity index (χ4n) is 6.90. The molecule has 5 rings (SSSR count). The molecule has 1 amide bonds. The second kappa shape index (κ2) is 15.3. The van der Waals surface area contributed by atoms with Gasteiger partial charge in [0.05, 0.1) is 5.56 Å². The molecule has 2 aromatic carbocycles. The average Bonchev–Trinajstić information content (AvgIpc) is 3.35. The van der Waals surface area contributed by atoms with Gasteiger partial charge in [-0.05, 0) is 99.0 Å². The Morgan fingerprint density at radius 2 is 1.67 bits per heavy atom. The largest absolute Gasteiger partial charge is 0.473 e. The lowest BCUT2D eigenvalue weighted by Crippen LogP contribution is -2.47. The zero-order valence-corrected chi connectivity index (χ0v) is 28.3. The number of benzene rings is 2. The molecular weight excluding hydrogens is 706 g/mol. The summed E-state index contributed by atoms with van der Waals surface area (Å²) < 4.78 is 46.1. The molecule has 1 atom stereocenters. The van der Waals surface area contributed by atoms with Gasteiger partial charge in [-0.3, -0.25) is 9.59 Å². The van der Waals surface area contributed by atoms with Crippen LogP contribution in [-0.2, 0) is 10.2 Å². The minimum Gasteiger partial charge on any atom is -0.473 e. The van der Waals surface area contributed by atoms with Crippen molar-refractivity contribution in [3.63, 3.8) is 0 Å². The Kier molecular flexibility index (Phi) is 11.4. The van der Waals surface area contributed by atoms with Crippen molar-refractivity contribution in [2.75, 3.05) is 30.6 Å². The van der Waals surface area contributed by atoms with Gasteiger partial charge in [-0.2, -0.15) is 13.2 Å². The van der Waals surface area contributed by atoms with Crippen molar-refractivity contribution in [2.24, 2.45) is 5.92 Å². The standard InChI is InChI=1S/C36H41F3IN3O3/c1-25(23-40)46-33-29(11-8-19-41-33)32(44)15-14-26-16-21-43(22-17-26)20-7-6-18-35(34(45)42-24-36(37,38)39)30-12-4-2-9-27(30)28-10-3-5-13-31(28)35/h2-5,8-13,19,25-26H,6-7,14-18,20-24H2,1H3,(H,42,45). The highest BCUT2D eigenvalue weighted by molar-refractivity contribution is 14.1. The smallest absolute Gasteiger partial charge is 0.405 e. The zero-order chi connectivity index (χ0) is 32.7. The van der Waals surface area contributed by atoms with Crippen molar-refractivity contribution in [2.45, 2.75) is 69.6 Å². The molecule has 0 saturated carbocycles. The molecule has 246 valence electrons. The molecule has 10 heteroatoms. The van der Waals surface area contributed by atoms with E-state index in [4.69, 9.17) is 4.74 Å². The number of nitrogens with one attached hydrogen (secondary N) is 1. The summed E-state index contributed by atoms with van der Waals surface area (Å²) in [6.07, 6.45) is 2.42. The predicted octanol–water partition coefficient (Wildman–Crippen LogP) is 7.77. The van der Waals surface area contributed by atoms with Crippen molar-refractivity contribution >= 4 is 34.3 Å². The molecule has 3 aromatic rings. The zero-order valence-electron chi connectivity index (χ0n) is 26.1. The number of halogens is 4. The van der Waals surface area contributed by atoms with Crippen LogP contribution in [-0.4, -0.2) is 64.5 Å². The fraction of sp³-hybridized carbons (Fsp3) is 0.472. The number of piperidine rings is 1. The Hall–Kier alpha value is -2.99. The number of likely N-dealkylation sites (tertiary alicyclic amines) is 1. The van der Waals surface area contributed by atoms with Gasteiger partial charge in [0.1, 0.15) is 18.1 Å². The van der Waals surface area contributed by atoms with Crippen LogP contribution < -0.4 is 10.1 Å². The van der Waals surface area contributed by atoms with Crippen LogP contribution in [0.1, 0.15) is 73.4 Å². The molecule has 0 spiro atoms. The molecule has 1 N–H and O–H groups in total. The van der Waals surface area contributed by atoms with Gasteiger partial charge in [0.25, 0.3) is 0 Å². The van der Waals surface area contributed by atoms with E-state index in [-0.39, 0.29) is 11.9 Å². The number of fused-ring (bicyclic) bond motifs is 3. The van der Waals surface area contributed by atoms with E-state index in [0.29, 0.717) is 36.6 Å². The number of unbranched alkanes of at least 4 members (excludes halogenated alkanes) is 1. The third-order valence-corrected chi connectivity index (χ3v) is 10.5. The van der Waals surface area contributed by atoms with E-state index in [1.54, 1.807) is 18.3 Å². The molecule has 1 aliphatic carbocycles. The third-order valence-electron chi connectivity index (χ3n) is 9.27. The number of aromatic nitrogens is 1. The quantitative estimate of drug-likeness (QED) is 0.0790. The number of carbonyl (C=O) groups is 2. The van der Waals surface area contributed by atoms with Crippen molar-refractivity contribution in [1.29, 1.82) is 0 Å². The Bertz CT molecular complexity index is 1460. The minimum absolute atomic E-state index is 0.0202. The van der Waals surface area contributed by atoms with E-state index >= 15 is 0 Å². The number of ketones is 1. The van der Waals surface area contributed by atoms with Crippen LogP contribution in [0.4, 0.5) is 13.2 Å². The first-order valence-corrected chi connectivity index (χ1v) is 17.6. The maximum atomic E-state index is 13.7. The number of rotatable bonds is 14. The van der Waals surface area contributed by atoms with Crippen molar-refractivity contribution in [3.05, 3.63) is 83.6 Å². The lowest BCUT2D eigenvalue weighted by molar-refractivity contribution is -0.141. The monoisotopic (exact) mass is 747 g/mol. The number of nitrogens with zero attached hydrogens (tertiary/aromatic N) is 2. The Balaban J connectivity index is 1.14. The number of alkyl halides is 4. The molecule has 1 aromatic heterocycles. The SMILES string of the molecule is CC(CI)Oc1ncccc1C(=O)CCC1CCN(CCCCC2(C(=O)NCC(F)(F)F)c3ccccc3-c3ccccc32)CC1. The molecule has 0 bridgehead atoms. The minimum atomic E-state index is -4.49. The van der Waals surface area contributed by atoms with E-state index in [0.717, 1.165) is 72.0 Å². The van der Waals surface area contributed by atoms with E-state index in [1.807, 2.05) is 55.5 Å². The molecule has 1 aliphatic heterocycles. The fourth-order valence-corrected chi connectivity index (χ4v) is 7.08. The summed E-state index contributed by atoms with van der Waals surface area (Å²) in [6, 6.07) is 18.7. The second-order valence-electron chi connectivity index (χ2n) is 12.4. The molecule has 1 saturated heterocycles. The van der Waals surface area contributed by atoms with Gasteiger partial charge in [0.2, 0.25) is 11.8 Å². The van der Waals surface area contributed by atoms with Crippen LogP contribution >= 0.6 is 22.6 Å². The average molecular weight is 748 g/mol. The molecule has 1 unspecified atom stereocenters. The first kappa shape index (κ1) is 34.3. The number of hydrogen-bond acceptors (Lipinski definition) is 5. The lowest BCUT2D eigenvalue weighted by atomic mass is 9.73. The van der Waals surface area contributed by atoms with E-state index in [2.05, 4.69) is 37.8 Å². The first-order valence-electron chi connectivity index (χ1n) is 16.1. The number of pyridine rings is 1. The number of Topliss-reactive ketones (excluding diaryl/α,β-unsaturated/α-hetero) is 1. The van der Waals surface area contributed by atoms with Gasteiger partial charge in [-0.25, -0.2) is 4.98 Å². The summed E-state index contributed by atoms with van der Waals surface area (Å²) in [5.74, 6) is 0.355. The molecule has 2 aliphatic rings. The first-order chi connectivity index (χ1) is 22.1. The summed E-state index contributed by atoms with van der Waals surface area (Å²) in [5.41, 5.74) is 2.75. The van der Waals surface area contributed by atoms with Gasteiger partial charge in [0.15, 0.2) is 5.78 Å². The van der Waals surface area contributed by atoms with Crippen LogP contribution in [0.25, 0.3) is 11.1 Å². The summed E-state index contributed by atoms with van der Waals surface area (Å²) in [5, 5.41) is 2.22. The summed E-state index contributed by atoms with van der Waals surface area (Å²) in [4.78, 5) is 33.4. The summed E-state index contributed by atoms with van der Waals surface area (Å²) in [7, 11) is 0. The maximum Gasteiger partial charge on any atom is 0.405 e. The van der Waals surface area contributed by atoms with Crippen LogP contribution in [0.15, 0.2) is 66.9 Å². The molecule has 6 nitrogen and oxygen atoms in total. The van der Waals surface area contributed by atoms with Gasteiger partial charge in [-0.15, -0.1) is 0 Å². The molecule has 1 fully saturated rings. The highest BCUT2D eigenvalue weighted by atomic mass is 127. The van der Waals surface area contributed by atoms with E-state index in [9.17, 15) is 22.8 Å². The Labute approximate surface area is 282 Å². The summed E-state index contributed by atoms with van der Waals surface area (Å²) in [6.45, 7) is 3.35. The van der Waals surface area contributed by atoms with E-state index in [1.165, 1.54) is 0 Å². The van der Waals surface area contributed by atoms with Gasteiger partial charge >= 0.3 is 6.18 Å². The van der Waals surface area contributed by atoms with Crippen molar-refractivity contribution in [3.8, 4) is 17.0 Å². The number of hydrogen-bond donors (Lipinski definition) is 1. The van der Waals surface area contributed by atoms with Gasteiger partial charge in [-0.1, -0.05) is 77.5 Å². The van der Waals surface area contributed by atoms with Crippen LogP contribution in [0.3, 0.4) is 0 Å². The predicted molar refractivity (Wildman–Crippen MR) is 182 cm³/mol. The molecule has 0 radical (unpaired) electrons. The van der Waals surface area contributed by atoms with Crippen molar-refractivity contribution < 1.29 is 27.5 Å². The number of carbonyl (C=O) groups excluding carboxylic acids is 2.